The van der Waals surface area contributed by atoms with Gasteiger partial charge >= 0.3 is 0 Å². The second-order valence-electron chi connectivity index (χ2n) is 10.7. The fourth-order valence-corrected chi connectivity index (χ4v) is 7.14. The van der Waals surface area contributed by atoms with E-state index < -0.39 is 5.82 Å². The summed E-state index contributed by atoms with van der Waals surface area (Å²) in [6.45, 7) is 0.739. The molecule has 4 fully saturated rings. The maximum Gasteiger partial charge on any atom is 0.200 e. The molecule has 4 aliphatic carbocycles. The van der Waals surface area contributed by atoms with E-state index in [1.165, 1.54) is 44.7 Å². The lowest BCUT2D eigenvalue weighted by atomic mass is 9.53. The Balaban J connectivity index is 1.26. The molecule has 4 bridgehead atoms. The van der Waals surface area contributed by atoms with Gasteiger partial charge in [-0.05, 0) is 86.1 Å². The predicted molar refractivity (Wildman–Crippen MR) is 131 cm³/mol. The lowest BCUT2D eigenvalue weighted by Gasteiger charge is -2.57. The van der Waals surface area contributed by atoms with Crippen molar-refractivity contribution in [3.8, 4) is 11.5 Å². The van der Waals surface area contributed by atoms with E-state index >= 15 is 0 Å². The normalized spacial score (nSPS) is 26.9. The number of hydrogen-bond donors (Lipinski definition) is 2. The summed E-state index contributed by atoms with van der Waals surface area (Å²) in [5, 5.41) is 11.9. The zero-order chi connectivity index (χ0) is 23.4. The molecule has 4 aromatic rings. The molecule has 0 aromatic carbocycles. The highest BCUT2D eigenvalue weighted by molar-refractivity contribution is 5.78. The van der Waals surface area contributed by atoms with Gasteiger partial charge in [0.2, 0.25) is 5.82 Å². The van der Waals surface area contributed by atoms with E-state index in [0.717, 1.165) is 35.4 Å². The van der Waals surface area contributed by atoms with Crippen molar-refractivity contribution < 1.29 is 4.39 Å². The molecule has 7 nitrogen and oxygen atoms in total. The van der Waals surface area contributed by atoms with Crippen LogP contribution in [0.3, 0.4) is 0 Å². The Kier molecular flexibility index (Phi) is 4.84. The number of fused-ring (bicyclic) bond motifs is 1. The quantitative estimate of drug-likeness (QED) is 0.408. The largest absolute Gasteiger partial charge is 0.336 e. The lowest BCUT2D eigenvalue weighted by Crippen LogP contribution is -2.58. The fourth-order valence-electron chi connectivity index (χ4n) is 7.14. The van der Waals surface area contributed by atoms with Crippen LogP contribution in [0.5, 0.6) is 0 Å². The van der Waals surface area contributed by atoms with Crippen LogP contribution in [0.25, 0.3) is 17.0 Å². The average molecular weight is 470 g/mol. The Bertz CT molecular complexity index is 1350. The first-order valence-electron chi connectivity index (χ1n) is 12.6. The van der Waals surface area contributed by atoms with Crippen LogP contribution in [-0.4, -0.2) is 30.1 Å². The zero-order valence-electron chi connectivity index (χ0n) is 19.5. The van der Waals surface area contributed by atoms with Crippen molar-refractivity contribution in [2.45, 2.75) is 50.6 Å². The van der Waals surface area contributed by atoms with Crippen LogP contribution in [-0.2, 0) is 6.54 Å². The summed E-state index contributed by atoms with van der Waals surface area (Å²) in [4.78, 5) is 13.1. The molecule has 8 rings (SSSR count). The number of hydrogen-bond acceptors (Lipinski definition) is 6. The number of anilines is 2. The molecular formula is C27H28FN7. The Morgan fingerprint density at radius 3 is 2.51 bits per heavy atom. The Labute approximate surface area is 203 Å². The topological polar surface area (TPSA) is 80.0 Å². The predicted octanol–water partition coefficient (Wildman–Crippen LogP) is 5.13. The summed E-state index contributed by atoms with van der Waals surface area (Å²) in [6, 6.07) is 9.34. The fraction of sp³-hybridized carbons (Fsp3) is 0.407. The Morgan fingerprint density at radius 1 is 1.00 bits per heavy atom. The van der Waals surface area contributed by atoms with E-state index in [4.69, 9.17) is 10.1 Å². The third kappa shape index (κ3) is 3.76. The van der Waals surface area contributed by atoms with Crippen molar-refractivity contribution in [2.24, 2.45) is 17.8 Å². The van der Waals surface area contributed by atoms with Gasteiger partial charge in [0.1, 0.15) is 11.2 Å². The van der Waals surface area contributed by atoms with E-state index in [1.54, 1.807) is 18.5 Å². The van der Waals surface area contributed by atoms with E-state index in [-0.39, 0.29) is 5.54 Å². The molecule has 0 spiro atoms. The summed E-state index contributed by atoms with van der Waals surface area (Å²) in [7, 11) is 0. The van der Waals surface area contributed by atoms with Crippen LogP contribution >= 0.6 is 0 Å². The van der Waals surface area contributed by atoms with Crippen molar-refractivity contribution >= 4 is 17.0 Å². The number of halogens is 1. The monoisotopic (exact) mass is 469 g/mol. The van der Waals surface area contributed by atoms with Gasteiger partial charge in [-0.1, -0.05) is 6.07 Å². The first-order chi connectivity index (χ1) is 17.1. The van der Waals surface area contributed by atoms with Crippen LogP contribution in [0.15, 0.2) is 55.1 Å². The van der Waals surface area contributed by atoms with Gasteiger partial charge < -0.3 is 10.6 Å². The maximum atomic E-state index is 14.5. The summed E-state index contributed by atoms with van der Waals surface area (Å²) >= 11 is 0. The molecule has 35 heavy (non-hydrogen) atoms. The molecular weight excluding hydrogens is 441 g/mol. The SMILES string of the molecule is Fc1cnccc1Nc1nc(-c2ccccn2)nn2ccc(CNC34CC5CC(CC(C5)C3)C4)c12. The Hall–Kier alpha value is -3.39. The van der Waals surface area contributed by atoms with Crippen LogP contribution < -0.4 is 10.6 Å². The van der Waals surface area contributed by atoms with Gasteiger partial charge in [-0.25, -0.2) is 13.9 Å². The molecule has 4 aliphatic rings. The van der Waals surface area contributed by atoms with E-state index in [9.17, 15) is 4.39 Å². The van der Waals surface area contributed by atoms with Gasteiger partial charge in [-0.3, -0.25) is 9.97 Å². The second kappa shape index (κ2) is 8.09. The number of nitrogens with zero attached hydrogens (tertiary/aromatic N) is 5. The second-order valence-corrected chi connectivity index (χ2v) is 10.7. The Morgan fingerprint density at radius 2 is 1.80 bits per heavy atom. The van der Waals surface area contributed by atoms with Crippen molar-refractivity contribution in [1.82, 2.24) is 29.9 Å². The van der Waals surface area contributed by atoms with Gasteiger partial charge in [0.05, 0.1) is 11.9 Å². The van der Waals surface area contributed by atoms with Crippen molar-refractivity contribution in [3.05, 3.63) is 66.5 Å². The molecule has 0 unspecified atom stereocenters. The standard InChI is InChI=1S/C27H28FN7/c28-21-16-29-7-4-22(21)32-26-24-20(5-8-35(24)34-25(33-26)23-3-1-2-6-30-23)15-31-27-12-17-9-18(13-27)11-19(10-17)14-27/h1-8,16-19,31H,9-15H2,(H,29,32,33,34). The highest BCUT2D eigenvalue weighted by atomic mass is 19.1. The molecule has 0 saturated heterocycles. The van der Waals surface area contributed by atoms with Gasteiger partial charge in [0, 0.05) is 30.7 Å². The van der Waals surface area contributed by atoms with Crippen molar-refractivity contribution in [1.29, 1.82) is 0 Å². The highest BCUT2D eigenvalue weighted by Crippen LogP contribution is 2.55. The number of pyridine rings is 2. The van der Waals surface area contributed by atoms with E-state index in [0.29, 0.717) is 23.0 Å². The molecule has 8 heteroatoms. The summed E-state index contributed by atoms with van der Waals surface area (Å²) in [5.74, 6) is 3.26. The molecule has 178 valence electrons. The third-order valence-electron chi connectivity index (χ3n) is 8.21. The molecule has 4 heterocycles. The molecule has 0 atom stereocenters. The number of aromatic nitrogens is 5. The maximum absolute atomic E-state index is 14.5. The summed E-state index contributed by atoms with van der Waals surface area (Å²) in [5.41, 5.74) is 3.19. The molecule has 4 aromatic heterocycles. The smallest absolute Gasteiger partial charge is 0.200 e. The van der Waals surface area contributed by atoms with E-state index in [1.807, 2.05) is 28.9 Å². The summed E-state index contributed by atoms with van der Waals surface area (Å²) in [6.07, 6.45) is 14.6. The minimum atomic E-state index is -0.427. The van der Waals surface area contributed by atoms with Crippen LogP contribution in [0, 0.1) is 23.6 Å². The third-order valence-corrected chi connectivity index (χ3v) is 8.21. The first-order valence-corrected chi connectivity index (χ1v) is 12.6. The van der Waals surface area contributed by atoms with Crippen molar-refractivity contribution in [2.75, 3.05) is 5.32 Å². The average Bonchev–Trinajstić information content (AvgIpc) is 3.27. The first kappa shape index (κ1) is 20.9. The van der Waals surface area contributed by atoms with Gasteiger partial charge in [0.25, 0.3) is 0 Å². The minimum Gasteiger partial charge on any atom is -0.336 e. The zero-order valence-corrected chi connectivity index (χ0v) is 19.5. The lowest BCUT2D eigenvalue weighted by molar-refractivity contribution is -0.0205. The molecule has 0 radical (unpaired) electrons. The number of rotatable bonds is 6. The molecule has 0 aliphatic heterocycles. The molecule has 4 saturated carbocycles. The summed E-state index contributed by atoms with van der Waals surface area (Å²) < 4.78 is 16.3. The van der Waals surface area contributed by atoms with Crippen molar-refractivity contribution in [3.63, 3.8) is 0 Å². The van der Waals surface area contributed by atoms with Gasteiger partial charge in [-0.15, -0.1) is 5.10 Å². The van der Waals surface area contributed by atoms with Gasteiger partial charge in [-0.2, -0.15) is 0 Å². The molecule has 0 amide bonds. The highest BCUT2D eigenvalue weighted by Gasteiger charge is 2.50. The van der Waals surface area contributed by atoms with Gasteiger partial charge in [0.15, 0.2) is 11.6 Å². The van der Waals surface area contributed by atoms with E-state index in [2.05, 4.69) is 26.7 Å². The van der Waals surface area contributed by atoms with Crippen LogP contribution in [0.1, 0.15) is 44.1 Å². The minimum absolute atomic E-state index is 0.253. The molecule has 2 N–H and O–H groups in total. The van der Waals surface area contributed by atoms with Crippen LogP contribution in [0.4, 0.5) is 15.9 Å². The van der Waals surface area contributed by atoms with Crippen LogP contribution in [0.2, 0.25) is 0 Å². The number of nitrogens with one attached hydrogen (secondary N) is 2.